The second-order valence-electron chi connectivity index (χ2n) is 9.97. The van der Waals surface area contributed by atoms with Gasteiger partial charge in [-0.05, 0) is 42.7 Å². The van der Waals surface area contributed by atoms with Crippen molar-refractivity contribution < 1.29 is 27.5 Å². The largest absolute Gasteiger partial charge is 0.493 e. The minimum Gasteiger partial charge on any atom is -0.493 e. The minimum absolute atomic E-state index is 0.0928. The number of likely N-dealkylation sites (tertiary alicyclic amines) is 1. The van der Waals surface area contributed by atoms with Gasteiger partial charge in [-0.1, -0.05) is 48.0 Å². The van der Waals surface area contributed by atoms with Crippen LogP contribution in [0.3, 0.4) is 0 Å². The number of rotatable bonds is 9. The van der Waals surface area contributed by atoms with Crippen molar-refractivity contribution in [2.24, 2.45) is 5.41 Å². The molecule has 1 aromatic heterocycles. The van der Waals surface area contributed by atoms with E-state index in [0.717, 1.165) is 22.5 Å². The van der Waals surface area contributed by atoms with Crippen LogP contribution in [0, 0.1) is 5.41 Å². The van der Waals surface area contributed by atoms with E-state index in [4.69, 9.17) is 16.3 Å². The van der Waals surface area contributed by atoms with E-state index < -0.39 is 17.3 Å². The highest BCUT2D eigenvalue weighted by Gasteiger charge is 2.41. The first-order valence-electron chi connectivity index (χ1n) is 12.6. The van der Waals surface area contributed by atoms with Gasteiger partial charge in [0.1, 0.15) is 12.3 Å². The van der Waals surface area contributed by atoms with Crippen molar-refractivity contribution >= 4 is 23.4 Å². The zero-order chi connectivity index (χ0) is 28.0. The Morgan fingerprint density at radius 2 is 1.90 bits per heavy atom. The van der Waals surface area contributed by atoms with Gasteiger partial charge in [0, 0.05) is 49.7 Å². The van der Waals surface area contributed by atoms with Crippen LogP contribution < -0.4 is 4.74 Å². The zero-order valence-corrected chi connectivity index (χ0v) is 22.3. The molecule has 2 aromatic carbocycles. The number of alkyl halides is 3. The molecule has 0 bridgehead atoms. The van der Waals surface area contributed by atoms with Gasteiger partial charge in [-0.25, -0.2) is 0 Å². The van der Waals surface area contributed by atoms with E-state index in [1.165, 1.54) is 0 Å². The van der Waals surface area contributed by atoms with Crippen molar-refractivity contribution in [3.63, 3.8) is 0 Å². The summed E-state index contributed by atoms with van der Waals surface area (Å²) in [6, 6.07) is 17.4. The predicted molar refractivity (Wildman–Crippen MR) is 140 cm³/mol. The maximum absolute atomic E-state index is 13.4. The highest BCUT2D eigenvalue weighted by molar-refractivity contribution is 6.30. The topological polar surface area (TPSA) is 67.7 Å². The quantitative estimate of drug-likeness (QED) is 0.355. The fourth-order valence-electron chi connectivity index (χ4n) is 4.77. The highest BCUT2D eigenvalue weighted by atomic mass is 35.5. The summed E-state index contributed by atoms with van der Waals surface area (Å²) in [5.41, 5.74) is -0.750. The summed E-state index contributed by atoms with van der Waals surface area (Å²) in [6.07, 6.45) is -2.04. The molecule has 2 heterocycles. The van der Waals surface area contributed by atoms with Gasteiger partial charge in [0.15, 0.2) is 5.69 Å². The second-order valence-corrected chi connectivity index (χ2v) is 10.4. The standard InChI is InChI=1S/C28H30ClF3N4O3/c1-34(17-21-7-3-2-4-8-21)25(37)16-27(20-39-23-10-5-9-22(29)15-23)12-6-13-35(19-27)26(38)18-36-14-11-24(33-36)28(30,31)32/h2-5,7-11,14-15H,6,12-13,16-20H2,1H3. The number of hydrogen-bond donors (Lipinski definition) is 0. The van der Waals surface area contributed by atoms with Gasteiger partial charge in [-0.2, -0.15) is 18.3 Å². The van der Waals surface area contributed by atoms with Crippen molar-refractivity contribution in [1.82, 2.24) is 19.6 Å². The molecule has 208 valence electrons. The fraction of sp³-hybridized carbons (Fsp3) is 0.393. The SMILES string of the molecule is CN(Cc1ccccc1)C(=O)CC1(COc2cccc(Cl)c2)CCCN(C(=O)Cn2ccc(C(F)(F)F)n2)C1. The van der Waals surface area contributed by atoms with E-state index in [1.807, 2.05) is 30.3 Å². The Labute approximate surface area is 230 Å². The predicted octanol–water partition coefficient (Wildman–Crippen LogP) is 5.29. The molecule has 1 aliphatic rings. The Kier molecular flexibility index (Phi) is 8.84. The van der Waals surface area contributed by atoms with E-state index in [1.54, 1.807) is 41.1 Å². The smallest absolute Gasteiger partial charge is 0.435 e. The van der Waals surface area contributed by atoms with Crippen LogP contribution in [-0.2, 0) is 28.9 Å². The molecule has 39 heavy (non-hydrogen) atoms. The van der Waals surface area contributed by atoms with Crippen molar-refractivity contribution in [3.05, 3.63) is 83.1 Å². The molecule has 0 radical (unpaired) electrons. The Bertz CT molecular complexity index is 1280. The molecule has 1 aliphatic heterocycles. The number of ether oxygens (including phenoxy) is 1. The Morgan fingerprint density at radius 1 is 1.13 bits per heavy atom. The van der Waals surface area contributed by atoms with Crippen LogP contribution in [0.1, 0.15) is 30.5 Å². The number of halogens is 4. The summed E-state index contributed by atoms with van der Waals surface area (Å²) in [6.45, 7) is 0.934. The molecule has 1 atom stereocenters. The van der Waals surface area contributed by atoms with E-state index in [9.17, 15) is 22.8 Å². The first-order chi connectivity index (χ1) is 18.5. The molecule has 0 N–H and O–H groups in total. The number of hydrogen-bond acceptors (Lipinski definition) is 4. The summed E-state index contributed by atoms with van der Waals surface area (Å²) >= 11 is 6.10. The van der Waals surface area contributed by atoms with Crippen LogP contribution in [0.5, 0.6) is 5.75 Å². The number of aromatic nitrogens is 2. The van der Waals surface area contributed by atoms with Gasteiger partial charge in [0.2, 0.25) is 11.8 Å². The van der Waals surface area contributed by atoms with E-state index in [0.29, 0.717) is 36.7 Å². The van der Waals surface area contributed by atoms with E-state index >= 15 is 0 Å². The lowest BCUT2D eigenvalue weighted by molar-refractivity contribution is -0.143. The van der Waals surface area contributed by atoms with Gasteiger partial charge in [0.05, 0.1) is 6.61 Å². The summed E-state index contributed by atoms with van der Waals surface area (Å²) in [7, 11) is 1.74. The monoisotopic (exact) mass is 562 g/mol. The molecule has 1 unspecified atom stereocenters. The number of benzene rings is 2. The third-order valence-electron chi connectivity index (χ3n) is 6.80. The van der Waals surface area contributed by atoms with Crippen LogP contribution >= 0.6 is 11.6 Å². The van der Waals surface area contributed by atoms with Gasteiger partial charge in [-0.15, -0.1) is 0 Å². The van der Waals surface area contributed by atoms with Crippen molar-refractivity contribution in [3.8, 4) is 5.75 Å². The molecule has 0 saturated carbocycles. The summed E-state index contributed by atoms with van der Waals surface area (Å²) in [5, 5.41) is 4.01. The third-order valence-corrected chi connectivity index (χ3v) is 7.03. The molecule has 1 saturated heterocycles. The lowest BCUT2D eigenvalue weighted by Crippen LogP contribution is -2.51. The Balaban J connectivity index is 1.49. The minimum atomic E-state index is -4.58. The van der Waals surface area contributed by atoms with Crippen LogP contribution in [0.15, 0.2) is 66.9 Å². The number of amides is 2. The number of nitrogens with zero attached hydrogens (tertiary/aromatic N) is 4. The molecular weight excluding hydrogens is 533 g/mol. The van der Waals surface area contributed by atoms with Gasteiger partial charge in [-0.3, -0.25) is 14.3 Å². The Morgan fingerprint density at radius 3 is 2.59 bits per heavy atom. The summed E-state index contributed by atoms with van der Waals surface area (Å²) < 4.78 is 45.9. The molecular formula is C28H30ClF3N4O3. The van der Waals surface area contributed by atoms with Crippen LogP contribution in [-0.4, -0.2) is 58.1 Å². The van der Waals surface area contributed by atoms with Crippen molar-refractivity contribution in [1.29, 1.82) is 0 Å². The fourth-order valence-corrected chi connectivity index (χ4v) is 4.95. The van der Waals surface area contributed by atoms with Gasteiger partial charge in [0.25, 0.3) is 0 Å². The van der Waals surface area contributed by atoms with Crippen molar-refractivity contribution in [2.75, 3.05) is 26.7 Å². The van der Waals surface area contributed by atoms with Gasteiger partial charge < -0.3 is 14.5 Å². The maximum Gasteiger partial charge on any atom is 0.435 e. The normalized spacial score (nSPS) is 17.6. The zero-order valence-electron chi connectivity index (χ0n) is 21.5. The molecule has 3 aromatic rings. The van der Waals surface area contributed by atoms with E-state index in [-0.39, 0.29) is 37.9 Å². The molecule has 4 rings (SSSR count). The summed E-state index contributed by atoms with van der Waals surface area (Å²) in [5.74, 6) is 0.0834. The number of piperidine rings is 1. The van der Waals surface area contributed by atoms with Crippen LogP contribution in [0.4, 0.5) is 13.2 Å². The Hall–Kier alpha value is -3.53. The third kappa shape index (κ3) is 7.75. The average molecular weight is 563 g/mol. The lowest BCUT2D eigenvalue weighted by Gasteiger charge is -2.43. The average Bonchev–Trinajstić information content (AvgIpc) is 3.37. The number of carbonyl (C=O) groups is 2. The molecule has 0 spiro atoms. The van der Waals surface area contributed by atoms with Gasteiger partial charge >= 0.3 is 6.18 Å². The number of carbonyl (C=O) groups excluding carboxylic acids is 2. The highest BCUT2D eigenvalue weighted by Crippen LogP contribution is 2.36. The van der Waals surface area contributed by atoms with Crippen LogP contribution in [0.25, 0.3) is 0 Å². The first kappa shape index (κ1) is 28.5. The molecule has 11 heteroatoms. The lowest BCUT2D eigenvalue weighted by atomic mass is 9.77. The molecule has 1 fully saturated rings. The van der Waals surface area contributed by atoms with E-state index in [2.05, 4.69) is 5.10 Å². The van der Waals surface area contributed by atoms with Crippen molar-refractivity contribution in [2.45, 2.75) is 38.5 Å². The molecule has 2 amide bonds. The molecule has 7 nitrogen and oxygen atoms in total. The second kappa shape index (κ2) is 12.1. The maximum atomic E-state index is 13.4. The summed E-state index contributed by atoms with van der Waals surface area (Å²) in [4.78, 5) is 29.7. The molecule has 0 aliphatic carbocycles. The first-order valence-corrected chi connectivity index (χ1v) is 13.0. The van der Waals surface area contributed by atoms with Crippen LogP contribution in [0.2, 0.25) is 5.02 Å².